The number of pyridine rings is 1. The summed E-state index contributed by atoms with van der Waals surface area (Å²) >= 11 is 0. The molecular formula is C19H14N4O4S. The molecule has 0 atom stereocenters. The number of nitrogens with one attached hydrogen (secondary N) is 2. The second-order valence-electron chi connectivity index (χ2n) is 5.87. The maximum Gasteiger partial charge on any atom is 0.262 e. The number of nitrogens with zero attached hydrogens (tertiary/aromatic N) is 2. The van der Waals surface area contributed by atoms with Crippen LogP contribution in [0.5, 0.6) is 11.5 Å². The van der Waals surface area contributed by atoms with Crippen molar-refractivity contribution in [2.75, 3.05) is 16.8 Å². The van der Waals surface area contributed by atoms with Gasteiger partial charge in [0.15, 0.2) is 11.5 Å². The summed E-state index contributed by atoms with van der Waals surface area (Å²) in [6, 6.07) is 16.6. The number of rotatable bonds is 5. The molecule has 28 heavy (non-hydrogen) atoms. The third kappa shape index (κ3) is 3.67. The third-order valence-corrected chi connectivity index (χ3v) is 5.34. The van der Waals surface area contributed by atoms with E-state index in [0.717, 1.165) is 5.69 Å². The van der Waals surface area contributed by atoms with Gasteiger partial charge in [-0.05, 0) is 48.5 Å². The van der Waals surface area contributed by atoms with Crippen LogP contribution in [0.25, 0.3) is 0 Å². The topological polar surface area (TPSA) is 113 Å². The average molecular weight is 394 g/mol. The first-order valence-corrected chi connectivity index (χ1v) is 9.67. The average Bonchev–Trinajstić information content (AvgIpc) is 3.18. The minimum Gasteiger partial charge on any atom is -0.454 e. The van der Waals surface area contributed by atoms with Crippen molar-refractivity contribution in [3.05, 3.63) is 66.4 Å². The molecule has 8 nitrogen and oxygen atoms in total. The summed E-state index contributed by atoms with van der Waals surface area (Å²) in [5.74, 6) is 1.44. The summed E-state index contributed by atoms with van der Waals surface area (Å²) < 4.78 is 38.0. The van der Waals surface area contributed by atoms with Crippen molar-refractivity contribution >= 4 is 27.2 Å². The molecule has 2 aromatic carbocycles. The van der Waals surface area contributed by atoms with Gasteiger partial charge in [-0.2, -0.15) is 5.26 Å². The predicted octanol–water partition coefficient (Wildman–Crippen LogP) is 3.23. The van der Waals surface area contributed by atoms with E-state index in [4.69, 9.17) is 14.7 Å². The Morgan fingerprint density at radius 3 is 2.43 bits per heavy atom. The lowest BCUT2D eigenvalue weighted by Crippen LogP contribution is -2.13. The van der Waals surface area contributed by atoms with Gasteiger partial charge in [0.25, 0.3) is 10.0 Å². The van der Waals surface area contributed by atoms with E-state index >= 15 is 0 Å². The molecule has 2 heterocycles. The summed E-state index contributed by atoms with van der Waals surface area (Å²) in [6.45, 7) is 0.0733. The van der Waals surface area contributed by atoms with Crippen LogP contribution in [0.3, 0.4) is 0 Å². The van der Waals surface area contributed by atoms with Crippen LogP contribution in [0.4, 0.5) is 17.2 Å². The quantitative estimate of drug-likeness (QED) is 0.683. The maximum atomic E-state index is 12.6. The van der Waals surface area contributed by atoms with E-state index in [1.807, 2.05) is 0 Å². The summed E-state index contributed by atoms with van der Waals surface area (Å²) in [4.78, 5) is 4.27. The number of hydrogen-bond acceptors (Lipinski definition) is 7. The molecule has 9 heteroatoms. The Balaban J connectivity index is 1.47. The van der Waals surface area contributed by atoms with E-state index in [-0.39, 0.29) is 11.7 Å². The fraction of sp³-hybridized carbons (Fsp3) is 0.0526. The molecule has 0 radical (unpaired) electrons. The number of hydrogen-bond donors (Lipinski definition) is 2. The minimum atomic E-state index is -3.79. The van der Waals surface area contributed by atoms with Crippen LogP contribution in [0.15, 0.2) is 65.7 Å². The number of fused-ring (bicyclic) bond motifs is 1. The SMILES string of the molecule is N#Cc1ccc(Nc2ccc(NS(=O)(=O)c3ccc4c(c3)OCO4)cn2)cc1. The Labute approximate surface area is 161 Å². The van der Waals surface area contributed by atoms with Gasteiger partial charge in [0.05, 0.1) is 28.4 Å². The highest BCUT2D eigenvalue weighted by atomic mass is 32.2. The largest absolute Gasteiger partial charge is 0.454 e. The van der Waals surface area contributed by atoms with Gasteiger partial charge in [0.1, 0.15) is 5.82 Å². The Kier molecular flexibility index (Phi) is 4.47. The standard InChI is InChI=1S/C19H14N4O4S/c20-10-13-1-3-14(4-2-13)22-19-8-5-15(11-21-19)23-28(24,25)16-6-7-17-18(9-16)27-12-26-17/h1-9,11,23H,12H2,(H,21,22). The van der Waals surface area contributed by atoms with Crippen LogP contribution >= 0.6 is 0 Å². The van der Waals surface area contributed by atoms with Gasteiger partial charge in [-0.1, -0.05) is 0 Å². The zero-order valence-electron chi connectivity index (χ0n) is 14.4. The van der Waals surface area contributed by atoms with Crippen LogP contribution in [-0.4, -0.2) is 20.2 Å². The van der Waals surface area contributed by atoms with E-state index in [0.29, 0.717) is 28.6 Å². The third-order valence-electron chi connectivity index (χ3n) is 3.96. The fourth-order valence-corrected chi connectivity index (χ4v) is 3.62. The van der Waals surface area contributed by atoms with Crippen molar-refractivity contribution in [1.29, 1.82) is 5.26 Å². The van der Waals surface area contributed by atoms with Gasteiger partial charge in [-0.15, -0.1) is 0 Å². The zero-order valence-corrected chi connectivity index (χ0v) is 15.2. The van der Waals surface area contributed by atoms with E-state index in [2.05, 4.69) is 21.1 Å². The Morgan fingerprint density at radius 1 is 0.964 bits per heavy atom. The van der Waals surface area contributed by atoms with E-state index in [9.17, 15) is 8.42 Å². The minimum absolute atomic E-state index is 0.0662. The predicted molar refractivity (Wildman–Crippen MR) is 102 cm³/mol. The first-order valence-electron chi connectivity index (χ1n) is 8.19. The number of nitriles is 1. The second-order valence-corrected chi connectivity index (χ2v) is 7.55. The van der Waals surface area contributed by atoms with Crippen LogP contribution in [0, 0.1) is 11.3 Å². The van der Waals surface area contributed by atoms with E-state index in [1.54, 1.807) is 42.5 Å². The summed E-state index contributed by atoms with van der Waals surface area (Å²) in [5, 5.41) is 11.9. The molecule has 4 rings (SSSR count). The molecule has 1 aromatic heterocycles. The number of benzene rings is 2. The summed E-state index contributed by atoms with van der Waals surface area (Å²) in [6.07, 6.45) is 1.41. The lowest BCUT2D eigenvalue weighted by Gasteiger charge is -2.10. The maximum absolute atomic E-state index is 12.6. The van der Waals surface area contributed by atoms with Crippen molar-refractivity contribution in [3.63, 3.8) is 0 Å². The number of aromatic nitrogens is 1. The van der Waals surface area contributed by atoms with E-state index < -0.39 is 10.0 Å². The lowest BCUT2D eigenvalue weighted by molar-refractivity contribution is 0.174. The summed E-state index contributed by atoms with van der Waals surface area (Å²) in [7, 11) is -3.79. The van der Waals surface area contributed by atoms with Crippen LogP contribution < -0.4 is 19.5 Å². The van der Waals surface area contributed by atoms with Crippen molar-refractivity contribution in [1.82, 2.24) is 4.98 Å². The van der Waals surface area contributed by atoms with Crippen molar-refractivity contribution in [2.45, 2.75) is 4.90 Å². The molecule has 0 fully saturated rings. The van der Waals surface area contributed by atoms with Gasteiger partial charge in [-0.3, -0.25) is 4.72 Å². The molecule has 2 N–H and O–H groups in total. The highest BCUT2D eigenvalue weighted by molar-refractivity contribution is 7.92. The second kappa shape index (κ2) is 7.09. The van der Waals surface area contributed by atoms with Crippen molar-refractivity contribution in [2.24, 2.45) is 0 Å². The van der Waals surface area contributed by atoms with Gasteiger partial charge in [-0.25, -0.2) is 13.4 Å². The summed E-state index contributed by atoms with van der Waals surface area (Å²) in [5.41, 5.74) is 1.65. The fourth-order valence-electron chi connectivity index (χ4n) is 2.56. The molecule has 0 amide bonds. The molecule has 1 aliphatic heterocycles. The van der Waals surface area contributed by atoms with Crippen LogP contribution in [0.1, 0.15) is 5.56 Å². The molecule has 3 aromatic rings. The monoisotopic (exact) mass is 394 g/mol. The Bertz CT molecular complexity index is 1150. The molecule has 0 aliphatic carbocycles. The molecule has 140 valence electrons. The first-order chi connectivity index (χ1) is 13.5. The normalized spacial score (nSPS) is 12.2. The van der Waals surface area contributed by atoms with Crippen molar-refractivity contribution < 1.29 is 17.9 Å². The van der Waals surface area contributed by atoms with Crippen LogP contribution in [0.2, 0.25) is 0 Å². The highest BCUT2D eigenvalue weighted by Crippen LogP contribution is 2.34. The Morgan fingerprint density at radius 2 is 1.71 bits per heavy atom. The molecule has 0 spiro atoms. The zero-order chi connectivity index (χ0) is 19.6. The lowest BCUT2D eigenvalue weighted by atomic mass is 10.2. The molecule has 1 aliphatic rings. The Hall–Kier alpha value is -3.77. The molecular weight excluding hydrogens is 380 g/mol. The van der Waals surface area contributed by atoms with Gasteiger partial charge < -0.3 is 14.8 Å². The van der Waals surface area contributed by atoms with Crippen molar-refractivity contribution in [3.8, 4) is 17.6 Å². The first kappa shape index (κ1) is 17.6. The van der Waals surface area contributed by atoms with E-state index in [1.165, 1.54) is 18.3 Å². The number of ether oxygens (including phenoxy) is 2. The molecule has 0 bridgehead atoms. The highest BCUT2D eigenvalue weighted by Gasteiger charge is 2.20. The van der Waals surface area contributed by atoms with Gasteiger partial charge in [0.2, 0.25) is 6.79 Å². The van der Waals surface area contributed by atoms with Crippen LogP contribution in [-0.2, 0) is 10.0 Å². The number of anilines is 3. The molecule has 0 saturated carbocycles. The number of sulfonamides is 1. The smallest absolute Gasteiger partial charge is 0.262 e. The van der Waals surface area contributed by atoms with Gasteiger partial charge >= 0.3 is 0 Å². The van der Waals surface area contributed by atoms with Gasteiger partial charge in [0, 0.05) is 11.8 Å². The molecule has 0 unspecified atom stereocenters. The molecule has 0 saturated heterocycles.